The maximum Gasteiger partial charge on any atom is 0.331 e. The van der Waals surface area contributed by atoms with Crippen LogP contribution in [0.2, 0.25) is 0 Å². The van der Waals surface area contributed by atoms with Gasteiger partial charge in [0.2, 0.25) is 5.91 Å². The molecule has 1 aliphatic heterocycles. The number of nitrogens with zero attached hydrogens (tertiary/aromatic N) is 3. The summed E-state index contributed by atoms with van der Waals surface area (Å²) in [6.45, 7) is 2.78. The SMILES string of the molecule is CCCn1c(=O)c2ccccc2n(CC(=O)N2CCc3ccccc32)c1=O. The van der Waals surface area contributed by atoms with Crippen LogP contribution in [0.5, 0.6) is 0 Å². The van der Waals surface area contributed by atoms with Gasteiger partial charge < -0.3 is 4.90 Å². The van der Waals surface area contributed by atoms with Gasteiger partial charge in [0.1, 0.15) is 6.54 Å². The number of hydrogen-bond donors (Lipinski definition) is 0. The van der Waals surface area contributed by atoms with Crippen molar-refractivity contribution in [1.82, 2.24) is 9.13 Å². The molecule has 0 fully saturated rings. The Balaban J connectivity index is 1.79. The normalized spacial score (nSPS) is 13.1. The second kappa shape index (κ2) is 6.87. The maximum atomic E-state index is 13.0. The molecule has 4 rings (SSSR count). The van der Waals surface area contributed by atoms with Crippen molar-refractivity contribution in [3.8, 4) is 0 Å². The van der Waals surface area contributed by atoms with Gasteiger partial charge in [-0.2, -0.15) is 0 Å². The van der Waals surface area contributed by atoms with Gasteiger partial charge in [0.15, 0.2) is 0 Å². The van der Waals surface area contributed by atoms with E-state index in [-0.39, 0.29) is 18.0 Å². The summed E-state index contributed by atoms with van der Waals surface area (Å²) in [6, 6.07) is 14.8. The second-order valence-electron chi connectivity index (χ2n) is 6.77. The molecule has 3 aromatic rings. The molecule has 0 spiro atoms. The monoisotopic (exact) mass is 363 g/mol. The van der Waals surface area contributed by atoms with Crippen LogP contribution in [0.4, 0.5) is 5.69 Å². The third-order valence-electron chi connectivity index (χ3n) is 5.06. The fourth-order valence-corrected chi connectivity index (χ4v) is 3.76. The predicted octanol–water partition coefficient (Wildman–Crippen LogP) is 2.16. The summed E-state index contributed by atoms with van der Waals surface area (Å²) in [4.78, 5) is 40.3. The first-order chi connectivity index (χ1) is 13.1. The van der Waals surface area contributed by atoms with E-state index < -0.39 is 5.69 Å². The van der Waals surface area contributed by atoms with Crippen molar-refractivity contribution in [3.05, 3.63) is 74.9 Å². The van der Waals surface area contributed by atoms with Crippen LogP contribution in [-0.2, 0) is 24.3 Å². The first-order valence-corrected chi connectivity index (χ1v) is 9.22. The molecule has 0 atom stereocenters. The first-order valence-electron chi connectivity index (χ1n) is 9.22. The van der Waals surface area contributed by atoms with E-state index in [1.165, 1.54) is 9.13 Å². The quantitative estimate of drug-likeness (QED) is 0.714. The van der Waals surface area contributed by atoms with E-state index in [1.54, 1.807) is 29.2 Å². The smallest absolute Gasteiger partial charge is 0.310 e. The highest BCUT2D eigenvalue weighted by atomic mass is 16.2. The molecule has 27 heavy (non-hydrogen) atoms. The third kappa shape index (κ3) is 2.87. The number of carbonyl (C=O) groups is 1. The largest absolute Gasteiger partial charge is 0.331 e. The number of benzene rings is 2. The van der Waals surface area contributed by atoms with E-state index in [4.69, 9.17) is 0 Å². The minimum atomic E-state index is -0.429. The van der Waals surface area contributed by atoms with E-state index in [1.807, 2.05) is 31.2 Å². The molecule has 138 valence electrons. The molecule has 6 heteroatoms. The van der Waals surface area contributed by atoms with Crippen molar-refractivity contribution >= 4 is 22.5 Å². The molecule has 0 N–H and O–H groups in total. The highest BCUT2D eigenvalue weighted by molar-refractivity contribution is 5.96. The van der Waals surface area contributed by atoms with Gasteiger partial charge in [-0.25, -0.2) is 4.79 Å². The van der Waals surface area contributed by atoms with Crippen LogP contribution in [0.15, 0.2) is 58.1 Å². The van der Waals surface area contributed by atoms with E-state index >= 15 is 0 Å². The zero-order valence-corrected chi connectivity index (χ0v) is 15.2. The van der Waals surface area contributed by atoms with Crippen molar-refractivity contribution in [2.45, 2.75) is 32.9 Å². The minimum absolute atomic E-state index is 0.0856. The molecule has 0 radical (unpaired) electrons. The Morgan fingerprint density at radius 2 is 1.74 bits per heavy atom. The van der Waals surface area contributed by atoms with Gasteiger partial charge in [-0.05, 0) is 36.6 Å². The van der Waals surface area contributed by atoms with Gasteiger partial charge in [0.25, 0.3) is 5.56 Å². The van der Waals surface area contributed by atoms with Gasteiger partial charge in [-0.1, -0.05) is 37.3 Å². The van der Waals surface area contributed by atoms with Crippen LogP contribution in [0.3, 0.4) is 0 Å². The molecular weight excluding hydrogens is 342 g/mol. The molecule has 1 amide bonds. The number of carbonyl (C=O) groups excluding carboxylic acids is 1. The molecule has 0 bridgehead atoms. The second-order valence-corrected chi connectivity index (χ2v) is 6.77. The van der Waals surface area contributed by atoms with Crippen molar-refractivity contribution in [1.29, 1.82) is 0 Å². The van der Waals surface area contributed by atoms with E-state index in [0.29, 0.717) is 30.4 Å². The lowest BCUT2D eigenvalue weighted by Gasteiger charge is -2.19. The van der Waals surface area contributed by atoms with E-state index in [0.717, 1.165) is 17.7 Å². The summed E-state index contributed by atoms with van der Waals surface area (Å²) in [7, 11) is 0. The van der Waals surface area contributed by atoms with Crippen molar-refractivity contribution in [3.63, 3.8) is 0 Å². The summed E-state index contributed by atoms with van der Waals surface area (Å²) in [5.41, 5.74) is 1.82. The average molecular weight is 363 g/mol. The van der Waals surface area contributed by atoms with Crippen LogP contribution in [0, 0.1) is 0 Å². The number of anilines is 1. The molecule has 0 aliphatic carbocycles. The van der Waals surface area contributed by atoms with E-state index in [2.05, 4.69) is 0 Å². The standard InChI is InChI=1S/C21H21N3O3/c1-2-12-23-20(26)16-8-4-6-10-18(16)24(21(23)27)14-19(25)22-13-11-15-7-3-5-9-17(15)22/h3-10H,2,11-14H2,1H3. The van der Waals surface area contributed by atoms with Crippen molar-refractivity contribution < 1.29 is 4.79 Å². The summed E-state index contributed by atoms with van der Waals surface area (Å²) in [6.07, 6.45) is 1.48. The number of rotatable bonds is 4. The van der Waals surface area contributed by atoms with Crippen LogP contribution in [0.25, 0.3) is 10.9 Å². The van der Waals surface area contributed by atoms with Crippen LogP contribution in [0.1, 0.15) is 18.9 Å². The van der Waals surface area contributed by atoms with Gasteiger partial charge in [-0.15, -0.1) is 0 Å². The van der Waals surface area contributed by atoms with Gasteiger partial charge in [-0.3, -0.25) is 18.7 Å². The topological polar surface area (TPSA) is 64.3 Å². The number of amides is 1. The fraction of sp³-hybridized carbons (Fsp3) is 0.286. The summed E-state index contributed by atoms with van der Waals surface area (Å²) >= 11 is 0. The fourth-order valence-electron chi connectivity index (χ4n) is 3.76. The van der Waals surface area contributed by atoms with Gasteiger partial charge in [0, 0.05) is 18.8 Å². The summed E-state index contributed by atoms with van der Waals surface area (Å²) in [5.74, 6) is -0.145. The van der Waals surface area contributed by atoms with Crippen LogP contribution in [-0.4, -0.2) is 21.6 Å². The average Bonchev–Trinajstić information content (AvgIpc) is 3.12. The molecular formula is C21H21N3O3. The Bertz CT molecular complexity index is 1140. The highest BCUT2D eigenvalue weighted by Crippen LogP contribution is 2.27. The lowest BCUT2D eigenvalue weighted by atomic mass is 10.2. The first kappa shape index (κ1) is 17.3. The Labute approximate surface area is 156 Å². The maximum absolute atomic E-state index is 13.0. The molecule has 2 aromatic carbocycles. The molecule has 0 saturated heterocycles. The zero-order valence-electron chi connectivity index (χ0n) is 15.2. The molecule has 0 unspecified atom stereocenters. The Morgan fingerprint density at radius 3 is 2.56 bits per heavy atom. The highest BCUT2D eigenvalue weighted by Gasteiger charge is 2.25. The molecule has 6 nitrogen and oxygen atoms in total. The van der Waals surface area contributed by atoms with Gasteiger partial charge in [0.05, 0.1) is 10.9 Å². The number of fused-ring (bicyclic) bond motifs is 2. The Morgan fingerprint density at radius 1 is 1.00 bits per heavy atom. The van der Waals surface area contributed by atoms with Crippen molar-refractivity contribution in [2.24, 2.45) is 0 Å². The number of para-hydroxylation sites is 2. The lowest BCUT2D eigenvalue weighted by Crippen LogP contribution is -2.43. The lowest BCUT2D eigenvalue weighted by molar-refractivity contribution is -0.119. The number of aromatic nitrogens is 2. The Kier molecular flexibility index (Phi) is 4.39. The summed E-state index contributed by atoms with van der Waals surface area (Å²) < 4.78 is 2.66. The third-order valence-corrected chi connectivity index (χ3v) is 5.06. The van der Waals surface area contributed by atoms with Crippen molar-refractivity contribution in [2.75, 3.05) is 11.4 Å². The molecule has 1 aliphatic rings. The zero-order chi connectivity index (χ0) is 19.0. The Hall–Kier alpha value is -3.15. The predicted molar refractivity (Wildman–Crippen MR) is 105 cm³/mol. The molecule has 2 heterocycles. The molecule has 0 saturated carbocycles. The minimum Gasteiger partial charge on any atom is -0.310 e. The summed E-state index contributed by atoms with van der Waals surface area (Å²) in [5, 5.41) is 0.458. The van der Waals surface area contributed by atoms with E-state index in [9.17, 15) is 14.4 Å². The van der Waals surface area contributed by atoms with Crippen LogP contribution < -0.4 is 16.1 Å². The van der Waals surface area contributed by atoms with Gasteiger partial charge >= 0.3 is 5.69 Å². The molecule has 1 aromatic heterocycles. The number of hydrogen-bond acceptors (Lipinski definition) is 3. The van der Waals surface area contributed by atoms with Crippen LogP contribution >= 0.6 is 0 Å².